The summed E-state index contributed by atoms with van der Waals surface area (Å²) in [5, 5.41) is 5.85. The van der Waals surface area contributed by atoms with E-state index in [-0.39, 0.29) is 0 Å². The molecule has 5 aromatic rings. The molecule has 1 unspecified atom stereocenters. The van der Waals surface area contributed by atoms with Crippen LogP contribution in [0.15, 0.2) is 133 Å². The fourth-order valence-electron chi connectivity index (χ4n) is 6.16. The smallest absolute Gasteiger partial charge is 0.0626 e. The van der Waals surface area contributed by atoms with Gasteiger partial charge in [-0.05, 0) is 51.5 Å². The molecule has 0 aliphatic heterocycles. The van der Waals surface area contributed by atoms with Gasteiger partial charge in [-0.15, -0.1) is 0 Å². The maximum Gasteiger partial charge on any atom is 0.116 e. The van der Waals surface area contributed by atoms with Crippen LogP contribution in [-0.4, -0.2) is 8.07 Å². The van der Waals surface area contributed by atoms with Crippen molar-refractivity contribution >= 4 is 35.3 Å². The number of rotatable bonds is 7. The monoisotopic (exact) mass is 480 g/mol. The zero-order chi connectivity index (χ0) is 24.4. The van der Waals surface area contributed by atoms with E-state index in [9.17, 15) is 0 Å². The number of benzene rings is 5. The summed E-state index contributed by atoms with van der Waals surface area (Å²) < 4.78 is 0. The second-order valence-corrected chi connectivity index (χ2v) is 14.6. The van der Waals surface area contributed by atoms with Gasteiger partial charge in [0.1, 0.15) is 8.07 Å². The molecule has 0 bridgehead atoms. The summed E-state index contributed by atoms with van der Waals surface area (Å²) in [6.07, 6.45) is 4.69. The summed E-state index contributed by atoms with van der Waals surface area (Å²) >= 11 is 0. The molecule has 1 aliphatic rings. The molecule has 0 heterocycles. The van der Waals surface area contributed by atoms with Crippen LogP contribution in [0.3, 0.4) is 0 Å². The molecule has 6 rings (SSSR count). The van der Waals surface area contributed by atoms with Crippen LogP contribution in [0.4, 0.5) is 0 Å². The second-order valence-electron chi connectivity index (χ2n) is 10.3. The lowest BCUT2D eigenvalue weighted by Crippen LogP contribution is -2.55. The van der Waals surface area contributed by atoms with Gasteiger partial charge in [0.05, 0.1) is 0 Å². The Morgan fingerprint density at radius 3 is 2.14 bits per heavy atom. The molecule has 0 amide bonds. The summed E-state index contributed by atoms with van der Waals surface area (Å²) in [5.41, 5.74) is 5.86. The molecule has 0 aromatic heterocycles. The first-order valence-corrected chi connectivity index (χ1v) is 15.8. The van der Waals surface area contributed by atoms with E-state index in [1.54, 1.807) is 10.8 Å². The summed E-state index contributed by atoms with van der Waals surface area (Å²) in [4.78, 5) is 0. The van der Waals surface area contributed by atoms with Crippen molar-refractivity contribution < 1.29 is 0 Å². The van der Waals surface area contributed by atoms with Gasteiger partial charge in [0, 0.05) is 5.92 Å². The lowest BCUT2D eigenvalue weighted by Gasteiger charge is -2.32. The number of allylic oxidation sites excluding steroid dienone is 1. The van der Waals surface area contributed by atoms with Gasteiger partial charge in [-0.3, -0.25) is 0 Å². The highest BCUT2D eigenvalue weighted by Gasteiger charge is 2.35. The van der Waals surface area contributed by atoms with E-state index >= 15 is 0 Å². The van der Waals surface area contributed by atoms with Crippen LogP contribution < -0.4 is 10.4 Å². The molecule has 5 aromatic carbocycles. The second kappa shape index (κ2) is 9.76. The van der Waals surface area contributed by atoms with Crippen molar-refractivity contribution in [3.63, 3.8) is 0 Å². The molecule has 0 fully saturated rings. The molecule has 1 heteroatoms. The summed E-state index contributed by atoms with van der Waals surface area (Å²) in [5.74, 6) is 0.434. The third kappa shape index (κ3) is 4.25. The summed E-state index contributed by atoms with van der Waals surface area (Å²) in [6, 6.07) is 48.5. The predicted octanol–water partition coefficient (Wildman–Crippen LogP) is 7.85. The van der Waals surface area contributed by atoms with Crippen molar-refractivity contribution in [2.75, 3.05) is 0 Å². The molecule has 0 N–H and O–H groups in total. The third-order valence-electron chi connectivity index (χ3n) is 8.17. The van der Waals surface area contributed by atoms with Gasteiger partial charge in [-0.2, -0.15) is 0 Å². The first-order chi connectivity index (χ1) is 17.7. The van der Waals surface area contributed by atoms with Crippen LogP contribution >= 0.6 is 0 Å². The minimum atomic E-state index is -2.02. The van der Waals surface area contributed by atoms with E-state index in [0.29, 0.717) is 5.92 Å². The Labute approximate surface area is 216 Å². The summed E-state index contributed by atoms with van der Waals surface area (Å²) in [7, 11) is -2.02. The third-order valence-corrected chi connectivity index (χ3v) is 12.7. The van der Waals surface area contributed by atoms with Crippen LogP contribution in [0, 0.1) is 0 Å². The summed E-state index contributed by atoms with van der Waals surface area (Å²) in [6.45, 7) is 2.59. The Kier molecular flexibility index (Phi) is 6.17. The molecule has 176 valence electrons. The van der Waals surface area contributed by atoms with Gasteiger partial charge in [-0.25, -0.2) is 0 Å². The van der Waals surface area contributed by atoms with E-state index in [4.69, 9.17) is 0 Å². The van der Waals surface area contributed by atoms with Crippen molar-refractivity contribution in [1.82, 2.24) is 0 Å². The molecule has 0 saturated heterocycles. The maximum absolute atomic E-state index is 2.59. The standard InChI is InChI=1S/C35H32Si/c1-36(32-19-6-3-7-20-32,35-22-12-18-28-15-10-11-21-34(28)35)24-23-33(27-13-4-2-5-14-27)31-25-29-16-8-9-17-30(29)26-31/h2-22,25,33H,23-24,26H2,1H3/t33-,36?/m0/s1. The number of hydrogen-bond donors (Lipinski definition) is 0. The molecule has 0 spiro atoms. The Balaban J connectivity index is 1.42. The molecule has 36 heavy (non-hydrogen) atoms. The van der Waals surface area contributed by atoms with Crippen molar-refractivity contribution in [2.24, 2.45) is 0 Å². The Morgan fingerprint density at radius 1 is 0.667 bits per heavy atom. The Morgan fingerprint density at radius 2 is 1.33 bits per heavy atom. The highest BCUT2D eigenvalue weighted by Crippen LogP contribution is 2.39. The zero-order valence-corrected chi connectivity index (χ0v) is 21.9. The van der Waals surface area contributed by atoms with Crippen molar-refractivity contribution in [1.29, 1.82) is 0 Å². The highest BCUT2D eigenvalue weighted by molar-refractivity contribution is 7.02. The van der Waals surface area contributed by atoms with Gasteiger partial charge in [0.25, 0.3) is 0 Å². The normalized spacial score (nSPS) is 15.2. The van der Waals surface area contributed by atoms with E-state index < -0.39 is 8.07 Å². The molecule has 0 saturated carbocycles. The minimum Gasteiger partial charge on any atom is -0.0626 e. The average molecular weight is 481 g/mol. The van der Waals surface area contributed by atoms with E-state index in [0.717, 1.165) is 12.8 Å². The fourth-order valence-corrected chi connectivity index (χ4v) is 10.1. The molecular formula is C35H32Si. The fraction of sp³-hybridized carbons (Fsp3) is 0.143. The van der Waals surface area contributed by atoms with Crippen molar-refractivity contribution in [3.8, 4) is 0 Å². The van der Waals surface area contributed by atoms with Gasteiger partial charge < -0.3 is 0 Å². The number of fused-ring (bicyclic) bond motifs is 2. The molecule has 0 nitrogen and oxygen atoms in total. The van der Waals surface area contributed by atoms with Gasteiger partial charge >= 0.3 is 0 Å². The van der Waals surface area contributed by atoms with Crippen molar-refractivity contribution in [3.05, 3.63) is 150 Å². The van der Waals surface area contributed by atoms with E-state index in [2.05, 4.69) is 140 Å². The highest BCUT2D eigenvalue weighted by atomic mass is 28.3. The first kappa shape index (κ1) is 22.8. The quantitative estimate of drug-likeness (QED) is 0.208. The van der Waals surface area contributed by atoms with Crippen LogP contribution in [0.2, 0.25) is 12.6 Å². The molecule has 2 atom stereocenters. The zero-order valence-electron chi connectivity index (χ0n) is 20.9. The topological polar surface area (TPSA) is 0 Å². The SMILES string of the molecule is C[Si](CC[C@H](C1=Cc2ccccc2C1)c1ccccc1)(c1ccccc1)c1cccc2ccccc12. The predicted molar refractivity (Wildman–Crippen MR) is 158 cm³/mol. The lowest BCUT2D eigenvalue weighted by atomic mass is 9.88. The van der Waals surface area contributed by atoms with Gasteiger partial charge in [0.2, 0.25) is 0 Å². The Hall–Kier alpha value is -3.68. The molecule has 0 radical (unpaired) electrons. The van der Waals surface area contributed by atoms with Crippen molar-refractivity contribution in [2.45, 2.75) is 31.4 Å². The van der Waals surface area contributed by atoms with Crippen LogP contribution in [0.1, 0.15) is 29.0 Å². The average Bonchev–Trinajstić information content (AvgIpc) is 3.38. The first-order valence-electron chi connectivity index (χ1n) is 13.1. The largest absolute Gasteiger partial charge is 0.116 e. The minimum absolute atomic E-state index is 0.434. The van der Waals surface area contributed by atoms with Crippen LogP contribution in [-0.2, 0) is 6.42 Å². The number of hydrogen-bond acceptors (Lipinski definition) is 0. The van der Waals surface area contributed by atoms with Gasteiger partial charge in [-0.1, -0.05) is 151 Å². The maximum atomic E-state index is 2.59. The molecule has 1 aliphatic carbocycles. The van der Waals surface area contributed by atoms with Gasteiger partial charge in [0.15, 0.2) is 0 Å². The van der Waals surface area contributed by atoms with E-state index in [1.807, 2.05) is 0 Å². The van der Waals surface area contributed by atoms with Crippen LogP contribution in [0.25, 0.3) is 16.8 Å². The molecular weight excluding hydrogens is 448 g/mol. The lowest BCUT2D eigenvalue weighted by molar-refractivity contribution is 0.741. The van der Waals surface area contributed by atoms with E-state index in [1.165, 1.54) is 38.7 Å². The van der Waals surface area contributed by atoms with Crippen LogP contribution in [0.5, 0.6) is 0 Å². The Bertz CT molecular complexity index is 1510.